The number of ketones is 1. The molecule has 1 unspecified atom stereocenters. The maximum Gasteiger partial charge on any atom is 0.338 e. The number of halogens is 1. The van der Waals surface area contributed by atoms with Gasteiger partial charge in [-0.2, -0.15) is 0 Å². The third kappa shape index (κ3) is 4.99. The van der Waals surface area contributed by atoms with Gasteiger partial charge in [-0.05, 0) is 55.5 Å². The van der Waals surface area contributed by atoms with Gasteiger partial charge in [-0.1, -0.05) is 13.8 Å². The summed E-state index contributed by atoms with van der Waals surface area (Å²) >= 11 is 0. The molecule has 2 aromatic rings. The Bertz CT molecular complexity index is 798. The lowest BCUT2D eigenvalue weighted by atomic mass is 10.1. The van der Waals surface area contributed by atoms with E-state index in [4.69, 9.17) is 4.74 Å². The molecule has 0 spiro atoms. The highest BCUT2D eigenvalue weighted by molar-refractivity contribution is 6.02. The number of hydrogen-bond acceptors (Lipinski definition) is 4. The molecule has 0 aliphatic carbocycles. The van der Waals surface area contributed by atoms with Crippen LogP contribution in [-0.4, -0.2) is 23.8 Å². The van der Waals surface area contributed by atoms with E-state index in [0.29, 0.717) is 11.3 Å². The molecule has 1 amide bonds. The predicted octanol–water partition coefficient (Wildman–Crippen LogP) is 3.85. The lowest BCUT2D eigenvalue weighted by Gasteiger charge is -2.13. The van der Waals surface area contributed by atoms with Crippen LogP contribution in [0.3, 0.4) is 0 Å². The van der Waals surface area contributed by atoms with Crippen LogP contribution in [0.2, 0.25) is 0 Å². The van der Waals surface area contributed by atoms with Crippen molar-refractivity contribution in [1.29, 1.82) is 0 Å². The van der Waals surface area contributed by atoms with Crippen molar-refractivity contribution < 1.29 is 23.5 Å². The van der Waals surface area contributed by atoms with Gasteiger partial charge in [0, 0.05) is 17.2 Å². The van der Waals surface area contributed by atoms with Gasteiger partial charge < -0.3 is 10.1 Å². The predicted molar refractivity (Wildman–Crippen MR) is 95.5 cm³/mol. The van der Waals surface area contributed by atoms with Gasteiger partial charge >= 0.3 is 5.97 Å². The van der Waals surface area contributed by atoms with Crippen LogP contribution in [0.15, 0.2) is 48.5 Å². The molecule has 0 saturated heterocycles. The Morgan fingerprint density at radius 3 is 1.96 bits per heavy atom. The molecule has 5 nitrogen and oxygen atoms in total. The Morgan fingerprint density at radius 1 is 0.885 bits per heavy atom. The molecule has 0 aromatic heterocycles. The fourth-order valence-corrected chi connectivity index (χ4v) is 2.11. The first-order valence-electron chi connectivity index (χ1n) is 8.19. The van der Waals surface area contributed by atoms with Gasteiger partial charge in [-0.3, -0.25) is 9.59 Å². The molecule has 0 aliphatic rings. The van der Waals surface area contributed by atoms with E-state index in [1.165, 1.54) is 19.1 Å². The maximum absolute atomic E-state index is 12.9. The zero-order chi connectivity index (χ0) is 19.3. The topological polar surface area (TPSA) is 72.5 Å². The van der Waals surface area contributed by atoms with E-state index in [0.717, 1.165) is 12.1 Å². The van der Waals surface area contributed by atoms with Crippen molar-refractivity contribution in [2.24, 2.45) is 5.92 Å². The summed E-state index contributed by atoms with van der Waals surface area (Å²) in [5.41, 5.74) is 1.10. The van der Waals surface area contributed by atoms with Gasteiger partial charge in [0.2, 0.25) is 11.7 Å². The van der Waals surface area contributed by atoms with Crippen LogP contribution in [0.5, 0.6) is 0 Å². The van der Waals surface area contributed by atoms with Gasteiger partial charge in [0.05, 0.1) is 5.56 Å². The fourth-order valence-electron chi connectivity index (χ4n) is 2.11. The summed E-state index contributed by atoms with van der Waals surface area (Å²) in [4.78, 5) is 36.0. The standard InChI is InChI=1S/C20H20FNO4/c1-12(2)19(24)22-17-10-6-14(7-11-17)18(23)13(3)26-20(25)15-4-8-16(21)9-5-15/h4-13H,1-3H3,(H,22,24). The Labute approximate surface area is 151 Å². The number of esters is 1. The second-order valence-electron chi connectivity index (χ2n) is 6.14. The molecule has 26 heavy (non-hydrogen) atoms. The number of ether oxygens (including phenoxy) is 1. The van der Waals surface area contributed by atoms with Crippen LogP contribution in [0.1, 0.15) is 41.5 Å². The van der Waals surface area contributed by atoms with Crippen LogP contribution in [-0.2, 0) is 9.53 Å². The van der Waals surface area contributed by atoms with Gasteiger partial charge in [-0.15, -0.1) is 0 Å². The average Bonchev–Trinajstić information content (AvgIpc) is 2.62. The Balaban J connectivity index is 2.00. The van der Waals surface area contributed by atoms with Crippen LogP contribution in [0.4, 0.5) is 10.1 Å². The number of carbonyl (C=O) groups excluding carboxylic acids is 3. The SMILES string of the molecule is CC(C)C(=O)Nc1ccc(C(=O)C(C)OC(=O)c2ccc(F)cc2)cc1. The van der Waals surface area contributed by atoms with Crippen LogP contribution < -0.4 is 5.32 Å². The Morgan fingerprint density at radius 2 is 1.42 bits per heavy atom. The molecule has 0 radical (unpaired) electrons. The van der Waals surface area contributed by atoms with Crippen molar-refractivity contribution in [1.82, 2.24) is 0 Å². The quantitative estimate of drug-likeness (QED) is 0.630. The third-order valence-electron chi connectivity index (χ3n) is 3.69. The van der Waals surface area contributed by atoms with Crippen molar-refractivity contribution in [3.05, 3.63) is 65.5 Å². The van der Waals surface area contributed by atoms with E-state index in [1.807, 2.05) is 0 Å². The number of Topliss-reactive ketones (excluding diaryl/α,β-unsaturated/α-hetero) is 1. The normalized spacial score (nSPS) is 11.7. The highest BCUT2D eigenvalue weighted by Crippen LogP contribution is 2.14. The van der Waals surface area contributed by atoms with Crippen LogP contribution in [0.25, 0.3) is 0 Å². The third-order valence-corrected chi connectivity index (χ3v) is 3.69. The highest BCUT2D eigenvalue weighted by atomic mass is 19.1. The van der Waals surface area contributed by atoms with Crippen molar-refractivity contribution in [2.75, 3.05) is 5.32 Å². The number of amides is 1. The molecule has 0 heterocycles. The Hall–Kier alpha value is -3.02. The molecule has 1 atom stereocenters. The number of rotatable bonds is 6. The van der Waals surface area contributed by atoms with Crippen molar-refractivity contribution in [3.8, 4) is 0 Å². The minimum Gasteiger partial charge on any atom is -0.451 e. The molecule has 0 aliphatic heterocycles. The van der Waals surface area contributed by atoms with Gasteiger partial charge in [0.1, 0.15) is 5.82 Å². The van der Waals surface area contributed by atoms with Crippen molar-refractivity contribution in [3.63, 3.8) is 0 Å². The summed E-state index contributed by atoms with van der Waals surface area (Å²) in [6, 6.07) is 11.2. The summed E-state index contributed by atoms with van der Waals surface area (Å²) in [6.45, 7) is 5.03. The fraction of sp³-hybridized carbons (Fsp3) is 0.250. The summed E-state index contributed by atoms with van der Waals surface area (Å²) in [6.07, 6.45) is -0.997. The molecule has 0 fully saturated rings. The minimum atomic E-state index is -0.997. The summed E-state index contributed by atoms with van der Waals surface area (Å²) in [5, 5.41) is 2.73. The second kappa shape index (κ2) is 8.38. The van der Waals surface area contributed by atoms with E-state index in [-0.39, 0.29) is 23.2 Å². The molecule has 136 valence electrons. The van der Waals surface area contributed by atoms with Gasteiger partial charge in [0.15, 0.2) is 6.10 Å². The van der Waals surface area contributed by atoms with Gasteiger partial charge in [0.25, 0.3) is 0 Å². The summed E-state index contributed by atoms with van der Waals surface area (Å²) < 4.78 is 18.0. The van der Waals surface area contributed by atoms with E-state index < -0.39 is 17.9 Å². The van der Waals surface area contributed by atoms with E-state index in [2.05, 4.69) is 5.32 Å². The van der Waals surface area contributed by atoms with Crippen molar-refractivity contribution in [2.45, 2.75) is 26.9 Å². The lowest BCUT2D eigenvalue weighted by molar-refractivity contribution is -0.118. The molecule has 6 heteroatoms. The number of carbonyl (C=O) groups is 3. The minimum absolute atomic E-state index is 0.120. The molecular formula is C20H20FNO4. The van der Waals surface area contributed by atoms with Crippen LogP contribution >= 0.6 is 0 Å². The Kier molecular flexibility index (Phi) is 6.22. The first kappa shape index (κ1) is 19.3. The molecule has 0 bridgehead atoms. The molecule has 2 rings (SSSR count). The van der Waals surface area contributed by atoms with E-state index in [9.17, 15) is 18.8 Å². The number of benzene rings is 2. The van der Waals surface area contributed by atoms with E-state index >= 15 is 0 Å². The lowest BCUT2D eigenvalue weighted by Crippen LogP contribution is -2.24. The number of anilines is 1. The second-order valence-corrected chi connectivity index (χ2v) is 6.14. The molecule has 0 saturated carbocycles. The summed E-state index contributed by atoms with van der Waals surface area (Å²) in [5.74, 6) is -1.81. The molecule has 2 aromatic carbocycles. The zero-order valence-electron chi connectivity index (χ0n) is 14.8. The molecule has 1 N–H and O–H groups in total. The zero-order valence-corrected chi connectivity index (χ0v) is 14.8. The average molecular weight is 357 g/mol. The van der Waals surface area contributed by atoms with E-state index in [1.54, 1.807) is 38.1 Å². The van der Waals surface area contributed by atoms with Crippen LogP contribution in [0, 0.1) is 11.7 Å². The van der Waals surface area contributed by atoms with Gasteiger partial charge in [-0.25, -0.2) is 9.18 Å². The first-order chi connectivity index (χ1) is 12.3. The first-order valence-corrected chi connectivity index (χ1v) is 8.19. The van der Waals surface area contributed by atoms with Crippen molar-refractivity contribution >= 4 is 23.3 Å². The summed E-state index contributed by atoms with van der Waals surface area (Å²) in [7, 11) is 0. The highest BCUT2D eigenvalue weighted by Gasteiger charge is 2.20. The largest absolute Gasteiger partial charge is 0.451 e. The smallest absolute Gasteiger partial charge is 0.338 e. The maximum atomic E-state index is 12.9. The molecular weight excluding hydrogens is 337 g/mol. The number of hydrogen-bond donors (Lipinski definition) is 1. The monoisotopic (exact) mass is 357 g/mol. The number of nitrogens with one attached hydrogen (secondary N) is 1.